The van der Waals surface area contributed by atoms with Gasteiger partial charge < -0.3 is 19.8 Å². The number of hydrogen-bond acceptors (Lipinski definition) is 11. The van der Waals surface area contributed by atoms with E-state index in [9.17, 15) is 47.9 Å². The van der Waals surface area contributed by atoms with E-state index in [0.717, 1.165) is 10.6 Å². The molecular weight excluding hydrogens is 634 g/mol. The summed E-state index contributed by atoms with van der Waals surface area (Å²) in [4.78, 5) is 66.6. The molecule has 45 heavy (non-hydrogen) atoms. The van der Waals surface area contributed by atoms with E-state index in [1.54, 1.807) is 13.8 Å². The van der Waals surface area contributed by atoms with Crippen LogP contribution in [0.3, 0.4) is 0 Å². The van der Waals surface area contributed by atoms with Crippen molar-refractivity contribution in [3.8, 4) is 0 Å². The maximum atomic E-state index is 13.6. The lowest BCUT2D eigenvalue weighted by Gasteiger charge is -2.46. The Morgan fingerprint density at radius 1 is 1.22 bits per heavy atom. The van der Waals surface area contributed by atoms with E-state index in [0.29, 0.717) is 10.5 Å². The number of β-lactam (4-membered cyclic amide) rings is 1. The quantitative estimate of drug-likeness (QED) is 0.219. The molecule has 4 aliphatic heterocycles. The number of sulfonamides is 1. The second-order valence-electron chi connectivity index (χ2n) is 11.8. The number of non-ortho nitro benzene ring substituents is 1. The first-order valence-corrected chi connectivity index (χ1v) is 16.8. The van der Waals surface area contributed by atoms with E-state index in [1.165, 1.54) is 57.7 Å². The van der Waals surface area contributed by atoms with Crippen LogP contribution in [0.2, 0.25) is 0 Å². The minimum atomic E-state index is -3.89. The first kappa shape index (κ1) is 32.5. The number of fused-ring (bicyclic) bond motifs is 1. The van der Waals surface area contributed by atoms with Gasteiger partial charge in [0, 0.05) is 47.7 Å². The van der Waals surface area contributed by atoms with Gasteiger partial charge in [-0.05, 0) is 31.5 Å². The Bertz CT molecular complexity index is 1600. The van der Waals surface area contributed by atoms with E-state index in [1.807, 2.05) is 0 Å². The van der Waals surface area contributed by atoms with Crippen molar-refractivity contribution >= 4 is 51.5 Å². The summed E-state index contributed by atoms with van der Waals surface area (Å²) in [5.41, 5.74) is -1.22. The Kier molecular flexibility index (Phi) is 8.28. The van der Waals surface area contributed by atoms with Crippen molar-refractivity contribution in [3.63, 3.8) is 0 Å². The number of nitro benzene ring substituents is 1. The lowest BCUT2D eigenvalue weighted by Crippen LogP contribution is -2.63. The summed E-state index contributed by atoms with van der Waals surface area (Å²) < 4.78 is 30.8. The van der Waals surface area contributed by atoms with E-state index in [4.69, 9.17) is 4.74 Å². The van der Waals surface area contributed by atoms with Crippen LogP contribution in [0.1, 0.15) is 32.8 Å². The molecule has 1 aromatic rings. The van der Waals surface area contributed by atoms with Gasteiger partial charge in [0.05, 0.1) is 35.8 Å². The minimum absolute atomic E-state index is 0.00812. The van der Waals surface area contributed by atoms with Crippen LogP contribution >= 0.6 is 11.8 Å². The molecule has 2 N–H and O–H groups in total. The summed E-state index contributed by atoms with van der Waals surface area (Å²) in [5, 5.41) is 30.7. The number of nitro groups is 1. The fourth-order valence-electron chi connectivity index (χ4n) is 6.68. The van der Waals surface area contributed by atoms with Crippen LogP contribution in [0.25, 0.3) is 0 Å². The summed E-state index contributed by atoms with van der Waals surface area (Å²) in [7, 11) is -3.89. The number of carbonyl (C=O) groups is 4. The van der Waals surface area contributed by atoms with Crippen LogP contribution in [0.5, 0.6) is 0 Å². The average Bonchev–Trinajstić information content (AvgIpc) is 3.58. The van der Waals surface area contributed by atoms with E-state index in [2.05, 4.69) is 0 Å². The van der Waals surface area contributed by atoms with Crippen molar-refractivity contribution in [1.29, 1.82) is 0 Å². The summed E-state index contributed by atoms with van der Waals surface area (Å²) in [5.74, 6) is -2.97. The van der Waals surface area contributed by atoms with Gasteiger partial charge in [-0.3, -0.25) is 24.7 Å². The molecule has 6 atom stereocenters. The number of aliphatic hydroxyl groups excluding tert-OH is 1. The van der Waals surface area contributed by atoms with Crippen molar-refractivity contribution in [2.45, 2.75) is 56.9 Å². The van der Waals surface area contributed by atoms with Gasteiger partial charge in [-0.2, -0.15) is 0 Å². The second kappa shape index (κ2) is 11.5. The molecule has 18 heteroatoms. The number of urea groups is 1. The fraction of sp³-hybridized carbons (Fsp3) is 0.556. The normalized spacial score (nSPS) is 28.8. The number of rotatable bonds is 9. The van der Waals surface area contributed by atoms with Crippen molar-refractivity contribution in [1.82, 2.24) is 19.0 Å². The van der Waals surface area contributed by atoms with Gasteiger partial charge in [-0.25, -0.2) is 27.1 Å². The van der Waals surface area contributed by atoms with Crippen LogP contribution in [0, 0.1) is 22.0 Å². The Morgan fingerprint density at radius 2 is 1.87 bits per heavy atom. The zero-order valence-electron chi connectivity index (χ0n) is 24.9. The molecular formula is C27H33N5O11S2. The van der Waals surface area contributed by atoms with Crippen LogP contribution in [-0.2, 0) is 31.0 Å². The highest BCUT2D eigenvalue weighted by molar-refractivity contribution is 8.03. The predicted octanol–water partition coefficient (Wildman–Crippen LogP) is 1.61. The number of thioether (sulfide) groups is 1. The summed E-state index contributed by atoms with van der Waals surface area (Å²) in [6, 6.07) is 4.07. The van der Waals surface area contributed by atoms with Gasteiger partial charge >= 0.3 is 18.1 Å². The first-order valence-electron chi connectivity index (χ1n) is 14.1. The van der Waals surface area contributed by atoms with Crippen LogP contribution < -0.4 is 0 Å². The number of amides is 4. The van der Waals surface area contributed by atoms with Gasteiger partial charge in [0.25, 0.3) is 5.69 Å². The highest BCUT2D eigenvalue weighted by Gasteiger charge is 2.61. The van der Waals surface area contributed by atoms with Gasteiger partial charge in [0.1, 0.15) is 18.0 Å². The van der Waals surface area contributed by atoms with Gasteiger partial charge in [-0.15, -0.1) is 11.8 Å². The molecule has 1 aromatic carbocycles. The third-order valence-electron chi connectivity index (χ3n) is 8.87. The highest BCUT2D eigenvalue weighted by Crippen LogP contribution is 2.53. The molecule has 3 fully saturated rings. The molecule has 0 bridgehead atoms. The standard InChI is InChI=1S/C27H33N5O11S2/c1-14-20-19(15(2)33)23(34)31(20)21(24(35)36)22(14)44-18-11-27(3,28-9-10-30(25(28)37)45(4,41)42)29(12-18)26(38)43-13-16-5-7-17(8-6-16)32(39)40/h5-8,14-15,18-20,33H,9-13H2,1-4H3,(H,35,36)/t14-,15-,18+,19-,20-,27+/m1/s1. The smallest absolute Gasteiger partial charge is 0.412 e. The third kappa shape index (κ3) is 5.48. The molecule has 0 aliphatic carbocycles. The highest BCUT2D eigenvalue weighted by atomic mass is 32.2. The maximum absolute atomic E-state index is 13.6. The Balaban J connectivity index is 1.42. The molecule has 0 aromatic heterocycles. The van der Waals surface area contributed by atoms with Gasteiger partial charge in [-0.1, -0.05) is 6.92 Å². The summed E-state index contributed by atoms with van der Waals surface area (Å²) in [6.07, 6.45) is -0.776. The van der Waals surface area contributed by atoms with E-state index < -0.39 is 73.8 Å². The second-order valence-corrected chi connectivity index (χ2v) is 15.0. The number of ether oxygens (including phenoxy) is 1. The monoisotopic (exact) mass is 667 g/mol. The SMILES string of the molecule is C[C@@H](O)[C@H]1C(=O)N2C(C(=O)O)=C(S[C@@H]3CN(C(=O)OCc4ccc([N+](=O)[O-])cc4)[C@](C)(N4CCN(S(C)(=O)=O)C4=O)C3)[C@H](C)[C@H]12. The average molecular weight is 668 g/mol. The van der Waals surface area contributed by atoms with E-state index >= 15 is 0 Å². The fourth-order valence-corrected chi connectivity index (χ4v) is 9.11. The van der Waals surface area contributed by atoms with Crippen molar-refractivity contribution in [2.75, 3.05) is 25.9 Å². The summed E-state index contributed by atoms with van der Waals surface area (Å²) >= 11 is 1.17. The molecule has 4 aliphatic rings. The van der Waals surface area contributed by atoms with Crippen molar-refractivity contribution in [3.05, 3.63) is 50.5 Å². The van der Waals surface area contributed by atoms with Crippen LogP contribution in [-0.4, -0.2) is 116 Å². The maximum Gasteiger partial charge on any atom is 0.412 e. The molecule has 5 rings (SSSR count). The van der Waals surface area contributed by atoms with Gasteiger partial charge in [0.15, 0.2) is 0 Å². The molecule has 0 saturated carbocycles. The lowest BCUT2D eigenvalue weighted by molar-refractivity contribution is -0.384. The zero-order chi connectivity index (χ0) is 33.2. The molecule has 0 unspecified atom stereocenters. The number of aliphatic carboxylic acids is 1. The molecule has 0 radical (unpaired) electrons. The molecule has 0 spiro atoms. The largest absolute Gasteiger partial charge is 0.477 e. The van der Waals surface area contributed by atoms with Crippen LogP contribution in [0.4, 0.5) is 15.3 Å². The zero-order valence-corrected chi connectivity index (χ0v) is 26.5. The number of carboxylic acid groups (broad SMARTS) is 1. The number of benzene rings is 1. The number of carbonyl (C=O) groups excluding carboxylic acids is 3. The summed E-state index contributed by atoms with van der Waals surface area (Å²) in [6.45, 7) is 4.48. The molecule has 16 nitrogen and oxygen atoms in total. The molecule has 4 heterocycles. The Hall–Kier alpha value is -3.90. The minimum Gasteiger partial charge on any atom is -0.477 e. The Morgan fingerprint density at radius 3 is 2.40 bits per heavy atom. The number of carboxylic acids is 1. The van der Waals surface area contributed by atoms with E-state index in [-0.39, 0.29) is 44.0 Å². The number of likely N-dealkylation sites (tertiary alicyclic amines) is 1. The Labute approximate surface area is 262 Å². The first-order chi connectivity index (χ1) is 21.0. The number of nitrogens with zero attached hydrogens (tertiary/aromatic N) is 5. The van der Waals surface area contributed by atoms with Crippen molar-refractivity contribution < 1.29 is 47.5 Å². The van der Waals surface area contributed by atoms with Crippen LogP contribution in [0.15, 0.2) is 34.9 Å². The third-order valence-corrected chi connectivity index (χ3v) is 11.5. The number of hydrogen-bond donors (Lipinski definition) is 2. The lowest BCUT2D eigenvalue weighted by atomic mass is 9.79. The molecule has 3 saturated heterocycles. The molecule has 244 valence electrons. The van der Waals surface area contributed by atoms with Crippen molar-refractivity contribution in [2.24, 2.45) is 11.8 Å². The molecule has 4 amide bonds. The topological polar surface area (TPSA) is 208 Å². The van der Waals surface area contributed by atoms with Gasteiger partial charge in [0.2, 0.25) is 15.9 Å². The number of aliphatic hydroxyl groups is 1. The predicted molar refractivity (Wildman–Crippen MR) is 158 cm³/mol.